The van der Waals surface area contributed by atoms with E-state index in [4.69, 9.17) is 16.6 Å². The molecule has 3 aromatic carbocycles. The lowest BCUT2D eigenvalue weighted by molar-refractivity contribution is -0.384. The van der Waals surface area contributed by atoms with Crippen LogP contribution in [-0.4, -0.2) is 16.0 Å². The normalized spacial score (nSPS) is 16.2. The molecule has 160 valence electrons. The zero-order valence-corrected chi connectivity index (χ0v) is 18.9. The lowest BCUT2D eigenvalue weighted by Gasteiger charge is -2.16. The molecule has 0 radical (unpaired) electrons. The summed E-state index contributed by atoms with van der Waals surface area (Å²) in [7, 11) is 0. The van der Waals surface area contributed by atoms with Crippen LogP contribution >= 0.6 is 23.4 Å². The van der Waals surface area contributed by atoms with E-state index in [0.717, 1.165) is 16.8 Å². The van der Waals surface area contributed by atoms with Crippen LogP contribution < -0.4 is 4.90 Å². The molecule has 0 unspecified atom stereocenters. The Kier molecular flexibility index (Phi) is 6.12. The van der Waals surface area contributed by atoms with Gasteiger partial charge < -0.3 is 0 Å². The van der Waals surface area contributed by atoms with Crippen molar-refractivity contribution in [3.63, 3.8) is 0 Å². The van der Waals surface area contributed by atoms with Crippen molar-refractivity contribution in [3.8, 4) is 0 Å². The van der Waals surface area contributed by atoms with E-state index in [1.807, 2.05) is 62.4 Å². The Bertz CT molecular complexity index is 1270. The van der Waals surface area contributed by atoms with Crippen LogP contribution in [0.15, 0.2) is 76.6 Å². The first-order valence-electron chi connectivity index (χ1n) is 9.72. The summed E-state index contributed by atoms with van der Waals surface area (Å²) >= 11 is 7.14. The standard InChI is InChI=1S/C24H18ClN3O3S/c1-15-3-8-18(9-4-15)26-24-27(19-10-5-16(2)6-11-19)23(29)22(32-24)14-17-7-12-20(25)21(13-17)28(30)31/h3-14H,1-2H3/b22-14+,26-24?. The van der Waals surface area contributed by atoms with Gasteiger partial charge in [0.1, 0.15) is 5.02 Å². The molecule has 0 aliphatic carbocycles. The van der Waals surface area contributed by atoms with Gasteiger partial charge in [-0.2, -0.15) is 0 Å². The van der Waals surface area contributed by atoms with Crippen LogP contribution in [0.25, 0.3) is 6.08 Å². The van der Waals surface area contributed by atoms with E-state index in [1.165, 1.54) is 23.9 Å². The molecule has 3 aromatic rings. The van der Waals surface area contributed by atoms with Gasteiger partial charge in [0.2, 0.25) is 0 Å². The van der Waals surface area contributed by atoms with Crippen molar-refractivity contribution in [3.05, 3.63) is 103 Å². The largest absolute Gasteiger partial charge is 0.288 e. The Morgan fingerprint density at radius 1 is 1.00 bits per heavy atom. The molecule has 32 heavy (non-hydrogen) atoms. The first-order valence-corrected chi connectivity index (χ1v) is 10.9. The lowest BCUT2D eigenvalue weighted by atomic mass is 10.1. The van der Waals surface area contributed by atoms with E-state index < -0.39 is 4.92 Å². The maximum Gasteiger partial charge on any atom is 0.288 e. The Hall–Kier alpha value is -3.42. The highest BCUT2D eigenvalue weighted by Gasteiger charge is 2.34. The third kappa shape index (κ3) is 4.59. The van der Waals surface area contributed by atoms with Gasteiger partial charge in [0.25, 0.3) is 11.6 Å². The van der Waals surface area contributed by atoms with Gasteiger partial charge in [-0.1, -0.05) is 53.1 Å². The molecule has 0 atom stereocenters. The van der Waals surface area contributed by atoms with E-state index in [0.29, 0.717) is 21.3 Å². The summed E-state index contributed by atoms with van der Waals surface area (Å²) in [5.74, 6) is -0.248. The summed E-state index contributed by atoms with van der Waals surface area (Å²) in [6.07, 6.45) is 1.62. The lowest BCUT2D eigenvalue weighted by Crippen LogP contribution is -2.28. The number of halogens is 1. The third-order valence-electron chi connectivity index (χ3n) is 4.82. The highest BCUT2D eigenvalue weighted by molar-refractivity contribution is 8.19. The van der Waals surface area contributed by atoms with E-state index in [2.05, 4.69) is 0 Å². The fraction of sp³-hybridized carbons (Fsp3) is 0.0833. The van der Waals surface area contributed by atoms with Crippen molar-refractivity contribution < 1.29 is 9.72 Å². The molecule has 4 rings (SSSR count). The van der Waals surface area contributed by atoms with Gasteiger partial charge >= 0.3 is 0 Å². The predicted octanol–water partition coefficient (Wildman–Crippen LogP) is 6.67. The minimum Gasteiger partial charge on any atom is -0.268 e. The number of carbonyl (C=O) groups excluding carboxylic acids is 1. The minimum atomic E-state index is -0.545. The number of amides is 1. The Morgan fingerprint density at radius 3 is 2.25 bits per heavy atom. The number of hydrogen-bond donors (Lipinski definition) is 0. The molecule has 1 fully saturated rings. The predicted molar refractivity (Wildman–Crippen MR) is 131 cm³/mol. The fourth-order valence-corrected chi connectivity index (χ4v) is 4.30. The van der Waals surface area contributed by atoms with E-state index in [1.54, 1.807) is 17.0 Å². The molecule has 0 bridgehead atoms. The number of thioether (sulfide) groups is 1. The number of rotatable bonds is 4. The molecule has 1 heterocycles. The van der Waals surface area contributed by atoms with Gasteiger partial charge in [0.15, 0.2) is 5.17 Å². The van der Waals surface area contributed by atoms with Gasteiger partial charge in [-0.3, -0.25) is 19.8 Å². The average Bonchev–Trinajstić information content (AvgIpc) is 3.06. The van der Waals surface area contributed by atoms with E-state index >= 15 is 0 Å². The summed E-state index contributed by atoms with van der Waals surface area (Å²) in [4.78, 5) is 30.7. The average molecular weight is 464 g/mol. The number of nitro benzene ring substituents is 1. The van der Waals surface area contributed by atoms with E-state index in [-0.39, 0.29) is 16.6 Å². The fourth-order valence-electron chi connectivity index (χ4n) is 3.11. The second-order valence-electron chi connectivity index (χ2n) is 7.28. The maximum absolute atomic E-state index is 13.3. The molecule has 6 nitrogen and oxygen atoms in total. The SMILES string of the molecule is Cc1ccc(N=C2S/C(=C/c3ccc(Cl)c([N+](=O)[O-])c3)C(=O)N2c2ccc(C)cc2)cc1. The third-order valence-corrected chi connectivity index (χ3v) is 6.11. The molecule has 8 heteroatoms. The minimum absolute atomic E-state index is 0.0467. The molecule has 0 N–H and O–H groups in total. The van der Waals surface area contributed by atoms with Crippen LogP contribution in [0.2, 0.25) is 5.02 Å². The van der Waals surface area contributed by atoms with Crippen molar-refractivity contribution >= 4 is 57.6 Å². The Morgan fingerprint density at radius 2 is 1.62 bits per heavy atom. The number of anilines is 1. The molecule has 1 aliphatic rings. The summed E-state index contributed by atoms with van der Waals surface area (Å²) in [5.41, 5.74) is 3.92. The zero-order chi connectivity index (χ0) is 22.8. The number of hydrogen-bond acceptors (Lipinski definition) is 5. The van der Waals surface area contributed by atoms with Crippen LogP contribution in [0.5, 0.6) is 0 Å². The first-order chi connectivity index (χ1) is 15.3. The van der Waals surface area contributed by atoms with Gasteiger partial charge in [0, 0.05) is 6.07 Å². The van der Waals surface area contributed by atoms with E-state index in [9.17, 15) is 14.9 Å². The first kappa shape index (κ1) is 21.8. The molecule has 0 aromatic heterocycles. The van der Waals surface area contributed by atoms with Gasteiger partial charge in [-0.25, -0.2) is 4.99 Å². The van der Waals surface area contributed by atoms with Crippen LogP contribution in [-0.2, 0) is 4.79 Å². The summed E-state index contributed by atoms with van der Waals surface area (Å²) in [5, 5.41) is 11.8. The monoisotopic (exact) mass is 463 g/mol. The maximum atomic E-state index is 13.3. The van der Waals surface area contributed by atoms with Gasteiger partial charge in [-0.15, -0.1) is 0 Å². The quantitative estimate of drug-likeness (QED) is 0.246. The number of carbonyl (C=O) groups is 1. The molecule has 1 saturated heterocycles. The topological polar surface area (TPSA) is 75.8 Å². The summed E-state index contributed by atoms with van der Waals surface area (Å²) in [6.45, 7) is 3.97. The number of nitrogens with zero attached hydrogens (tertiary/aromatic N) is 3. The van der Waals surface area contributed by atoms with Crippen LogP contribution in [0.3, 0.4) is 0 Å². The zero-order valence-electron chi connectivity index (χ0n) is 17.3. The van der Waals surface area contributed by atoms with Gasteiger partial charge in [0.05, 0.1) is 21.2 Å². The van der Waals surface area contributed by atoms with Crippen LogP contribution in [0, 0.1) is 24.0 Å². The molecule has 0 saturated carbocycles. The molecular formula is C24H18ClN3O3S. The number of aliphatic imine (C=N–C) groups is 1. The Labute approximate surface area is 194 Å². The number of aryl methyl sites for hydroxylation is 2. The Balaban J connectivity index is 1.77. The van der Waals surface area contributed by atoms with Crippen LogP contribution in [0.4, 0.5) is 17.1 Å². The summed E-state index contributed by atoms with van der Waals surface area (Å²) in [6, 6.07) is 19.8. The smallest absolute Gasteiger partial charge is 0.268 e. The second kappa shape index (κ2) is 8.98. The second-order valence-corrected chi connectivity index (χ2v) is 8.70. The van der Waals surface area contributed by atoms with Crippen molar-refractivity contribution in [2.45, 2.75) is 13.8 Å². The number of amidine groups is 1. The highest BCUT2D eigenvalue weighted by atomic mass is 35.5. The molecule has 1 amide bonds. The van der Waals surface area contributed by atoms with Crippen molar-refractivity contribution in [1.82, 2.24) is 0 Å². The molecular weight excluding hydrogens is 446 g/mol. The molecule has 0 spiro atoms. The van der Waals surface area contributed by atoms with Crippen LogP contribution in [0.1, 0.15) is 16.7 Å². The highest BCUT2D eigenvalue weighted by Crippen LogP contribution is 2.38. The number of benzene rings is 3. The number of nitro groups is 1. The van der Waals surface area contributed by atoms with Crippen molar-refractivity contribution in [2.75, 3.05) is 4.90 Å². The van der Waals surface area contributed by atoms with Crippen molar-refractivity contribution in [2.24, 2.45) is 4.99 Å². The van der Waals surface area contributed by atoms with Crippen molar-refractivity contribution in [1.29, 1.82) is 0 Å². The molecule has 1 aliphatic heterocycles. The van der Waals surface area contributed by atoms with Gasteiger partial charge in [-0.05, 0) is 67.6 Å². The summed E-state index contributed by atoms with van der Waals surface area (Å²) < 4.78 is 0.